The molecule has 9 heavy (non-hydrogen) atoms. The van der Waals surface area contributed by atoms with Gasteiger partial charge in [-0.3, -0.25) is 0 Å². The largest absolute Gasteiger partial charge is 0.412 e. The van der Waals surface area contributed by atoms with Crippen molar-refractivity contribution >= 4 is 11.0 Å². The lowest BCUT2D eigenvalue weighted by Gasteiger charge is -1.82. The summed E-state index contributed by atoms with van der Waals surface area (Å²) in [6, 6.07) is 10.3. The van der Waals surface area contributed by atoms with Crippen molar-refractivity contribution in [2.24, 2.45) is 0 Å². The van der Waals surface area contributed by atoms with E-state index in [-0.39, 0.29) is 16.4 Å². The Morgan fingerprint density at radius 1 is 1.00 bits per heavy atom. The van der Waals surface area contributed by atoms with Gasteiger partial charge in [0.15, 0.2) is 0 Å². The molecule has 1 nitrogen and oxygen atoms in total. The summed E-state index contributed by atoms with van der Waals surface area (Å²) in [5.41, 5.74) is 1.32. The molecule has 52 valence electrons. The Morgan fingerprint density at radius 2 is 1.44 bits per heavy atom. The molecular formula is C7H14OSi. The first-order valence-corrected chi connectivity index (χ1v) is 2.41. The second-order valence-corrected chi connectivity index (χ2v) is 1.65. The molecule has 0 bridgehead atoms. The van der Waals surface area contributed by atoms with E-state index in [0.29, 0.717) is 0 Å². The molecule has 1 aromatic carbocycles. The molecular weight excluding hydrogens is 128 g/mol. The van der Waals surface area contributed by atoms with Crippen molar-refractivity contribution in [2.45, 2.75) is 6.92 Å². The van der Waals surface area contributed by atoms with Crippen molar-refractivity contribution in [2.75, 3.05) is 0 Å². The van der Waals surface area contributed by atoms with Gasteiger partial charge in [-0.05, 0) is 17.9 Å². The van der Waals surface area contributed by atoms with E-state index in [1.165, 1.54) is 5.56 Å². The molecule has 0 aliphatic rings. The van der Waals surface area contributed by atoms with Gasteiger partial charge in [0.1, 0.15) is 0 Å². The number of hydrogen-bond donors (Lipinski definition) is 0. The molecule has 0 aliphatic heterocycles. The molecule has 1 aromatic rings. The zero-order valence-corrected chi connectivity index (χ0v) is 4.89. The van der Waals surface area contributed by atoms with Crippen LogP contribution in [0.2, 0.25) is 0 Å². The molecule has 0 spiro atoms. The van der Waals surface area contributed by atoms with Gasteiger partial charge in [0, 0.05) is 0 Å². The molecule has 0 unspecified atom stereocenters. The van der Waals surface area contributed by atoms with Crippen LogP contribution in [0.1, 0.15) is 5.56 Å². The zero-order valence-electron chi connectivity index (χ0n) is 4.89. The van der Waals surface area contributed by atoms with Gasteiger partial charge in [-0.15, -0.1) is 0 Å². The van der Waals surface area contributed by atoms with Crippen molar-refractivity contribution in [1.29, 1.82) is 0 Å². The molecule has 2 N–H and O–H groups in total. The third-order valence-corrected chi connectivity index (χ3v) is 0.940. The molecule has 0 atom stereocenters. The van der Waals surface area contributed by atoms with Gasteiger partial charge in [0.25, 0.3) is 0 Å². The van der Waals surface area contributed by atoms with Crippen LogP contribution in [-0.2, 0) is 0 Å². The molecule has 0 aromatic heterocycles. The number of rotatable bonds is 0. The third kappa shape index (κ3) is 3.94. The van der Waals surface area contributed by atoms with Gasteiger partial charge >= 0.3 is 0 Å². The summed E-state index contributed by atoms with van der Waals surface area (Å²) < 4.78 is 0. The fourth-order valence-corrected chi connectivity index (χ4v) is 0.534. The van der Waals surface area contributed by atoms with E-state index in [0.717, 1.165) is 0 Å². The van der Waals surface area contributed by atoms with Crippen LogP contribution < -0.4 is 0 Å². The normalized spacial score (nSPS) is 6.78. The van der Waals surface area contributed by atoms with Crippen LogP contribution in [0.25, 0.3) is 0 Å². The SMILES string of the molecule is Cc1ccccc1.O.[SiH4]. The molecule has 0 amide bonds. The minimum atomic E-state index is 0. The van der Waals surface area contributed by atoms with Crippen LogP contribution in [0.15, 0.2) is 30.3 Å². The fraction of sp³-hybridized carbons (Fsp3) is 0.143. The monoisotopic (exact) mass is 142 g/mol. The van der Waals surface area contributed by atoms with Crippen LogP contribution >= 0.6 is 0 Å². The first-order valence-electron chi connectivity index (χ1n) is 2.41. The molecule has 0 fully saturated rings. The summed E-state index contributed by atoms with van der Waals surface area (Å²) in [4.78, 5) is 0. The summed E-state index contributed by atoms with van der Waals surface area (Å²) in [5, 5.41) is 0. The van der Waals surface area contributed by atoms with Crippen molar-refractivity contribution in [3.05, 3.63) is 35.9 Å². The second-order valence-electron chi connectivity index (χ2n) is 1.65. The quantitative estimate of drug-likeness (QED) is 0.446. The van der Waals surface area contributed by atoms with Crippen LogP contribution in [0.4, 0.5) is 0 Å². The number of hydrogen-bond acceptors (Lipinski definition) is 0. The Balaban J connectivity index is 0. The predicted octanol–water partition coefficient (Wildman–Crippen LogP) is -0.281. The zero-order chi connectivity index (χ0) is 5.11. The maximum atomic E-state index is 2.08. The molecule has 0 radical (unpaired) electrons. The lowest BCUT2D eigenvalue weighted by Crippen LogP contribution is -1.62. The average Bonchev–Trinajstić information content (AvgIpc) is 1.69. The van der Waals surface area contributed by atoms with Gasteiger partial charge in [-0.25, -0.2) is 0 Å². The highest BCUT2D eigenvalue weighted by Crippen LogP contribution is 1.92. The lowest BCUT2D eigenvalue weighted by molar-refractivity contribution is 0.824. The lowest BCUT2D eigenvalue weighted by atomic mass is 10.2. The number of benzene rings is 1. The second kappa shape index (κ2) is 5.53. The maximum Gasteiger partial charge on any atom is -0.0149 e. The van der Waals surface area contributed by atoms with E-state index in [9.17, 15) is 0 Å². The molecule has 0 saturated carbocycles. The predicted molar refractivity (Wildman–Crippen MR) is 46.1 cm³/mol. The Labute approximate surface area is 60.1 Å². The minimum Gasteiger partial charge on any atom is -0.412 e. The van der Waals surface area contributed by atoms with Crippen LogP contribution in [0, 0.1) is 6.92 Å². The Kier molecular flexibility index (Phi) is 6.90. The van der Waals surface area contributed by atoms with E-state index in [1.54, 1.807) is 0 Å². The first kappa shape index (κ1) is 11.2. The highest BCUT2D eigenvalue weighted by Gasteiger charge is 1.72. The van der Waals surface area contributed by atoms with Gasteiger partial charge in [-0.2, -0.15) is 0 Å². The van der Waals surface area contributed by atoms with Gasteiger partial charge in [-0.1, -0.05) is 35.9 Å². The van der Waals surface area contributed by atoms with Crippen LogP contribution in [0.5, 0.6) is 0 Å². The van der Waals surface area contributed by atoms with Crippen molar-refractivity contribution < 1.29 is 5.48 Å². The van der Waals surface area contributed by atoms with Crippen LogP contribution in [0.3, 0.4) is 0 Å². The first-order chi connectivity index (χ1) is 3.39. The van der Waals surface area contributed by atoms with Crippen molar-refractivity contribution in [3.8, 4) is 0 Å². The van der Waals surface area contributed by atoms with Gasteiger partial charge < -0.3 is 5.48 Å². The van der Waals surface area contributed by atoms with E-state index < -0.39 is 0 Å². The Bertz CT molecular complexity index is 139. The maximum absolute atomic E-state index is 2.08. The summed E-state index contributed by atoms with van der Waals surface area (Å²) >= 11 is 0. The molecule has 0 heterocycles. The molecule has 0 aliphatic carbocycles. The molecule has 1 rings (SSSR count). The van der Waals surface area contributed by atoms with Crippen molar-refractivity contribution in [3.63, 3.8) is 0 Å². The van der Waals surface area contributed by atoms with Gasteiger partial charge in [0.2, 0.25) is 0 Å². The van der Waals surface area contributed by atoms with E-state index in [1.807, 2.05) is 18.2 Å². The smallest absolute Gasteiger partial charge is 0.0149 e. The molecule has 0 saturated heterocycles. The van der Waals surface area contributed by atoms with E-state index in [4.69, 9.17) is 0 Å². The minimum absolute atomic E-state index is 0. The summed E-state index contributed by atoms with van der Waals surface area (Å²) in [7, 11) is 0. The van der Waals surface area contributed by atoms with Gasteiger partial charge in [0.05, 0.1) is 0 Å². The average molecular weight is 142 g/mol. The summed E-state index contributed by atoms with van der Waals surface area (Å²) in [6.45, 7) is 2.08. The number of aryl methyl sites for hydroxylation is 1. The third-order valence-electron chi connectivity index (χ3n) is 0.940. The Morgan fingerprint density at radius 3 is 1.67 bits per heavy atom. The summed E-state index contributed by atoms with van der Waals surface area (Å²) in [5.74, 6) is 0. The van der Waals surface area contributed by atoms with E-state index in [2.05, 4.69) is 19.1 Å². The topological polar surface area (TPSA) is 31.5 Å². The highest BCUT2D eigenvalue weighted by molar-refractivity contribution is 5.75. The molecule has 2 heteroatoms. The summed E-state index contributed by atoms with van der Waals surface area (Å²) in [6.07, 6.45) is 0. The Hall–Kier alpha value is -0.603. The van der Waals surface area contributed by atoms with Crippen molar-refractivity contribution in [1.82, 2.24) is 0 Å². The van der Waals surface area contributed by atoms with E-state index >= 15 is 0 Å². The fourth-order valence-electron chi connectivity index (χ4n) is 0.534. The van der Waals surface area contributed by atoms with Crippen LogP contribution in [-0.4, -0.2) is 16.4 Å². The standard InChI is InChI=1S/C7H8.H2O.H4Si/c1-7-5-3-2-4-6-7;;/h2-6H,1H3;1H2;1H4. The highest BCUT2D eigenvalue weighted by atomic mass is 28.1.